The number of nitrogens with one attached hydrogen (secondary N) is 1. The minimum atomic E-state index is -0.804. The summed E-state index contributed by atoms with van der Waals surface area (Å²) in [5.74, 6) is 0.576. The number of rotatable bonds is 5. The van der Waals surface area contributed by atoms with E-state index in [-0.39, 0.29) is 24.8 Å². The lowest BCUT2D eigenvalue weighted by molar-refractivity contribution is -0.125. The van der Waals surface area contributed by atoms with Gasteiger partial charge in [-0.2, -0.15) is 0 Å². The topological polar surface area (TPSA) is 86.8 Å². The number of carbonyl (C=O) groups is 2. The van der Waals surface area contributed by atoms with E-state index in [0.29, 0.717) is 22.4 Å². The van der Waals surface area contributed by atoms with Gasteiger partial charge in [0.1, 0.15) is 11.6 Å². The van der Waals surface area contributed by atoms with Crippen LogP contribution in [0.5, 0.6) is 11.5 Å². The molecule has 1 atom stereocenters. The Morgan fingerprint density at radius 2 is 2.00 bits per heavy atom. The van der Waals surface area contributed by atoms with E-state index >= 15 is 0 Å². The second-order valence-corrected chi connectivity index (χ2v) is 7.82. The molecule has 1 saturated carbocycles. The van der Waals surface area contributed by atoms with E-state index in [1.54, 1.807) is 19.1 Å². The zero-order chi connectivity index (χ0) is 19.5. The maximum Gasteiger partial charge on any atom is 0.360 e. The van der Waals surface area contributed by atoms with Gasteiger partial charge in [-0.05, 0) is 31.9 Å². The molecule has 1 amide bonds. The summed E-state index contributed by atoms with van der Waals surface area (Å²) in [6.45, 7) is 2.09. The maximum absolute atomic E-state index is 12.8. The molecule has 2 heterocycles. The fourth-order valence-corrected chi connectivity index (χ4v) is 4.57. The maximum atomic E-state index is 12.8. The first-order valence-electron chi connectivity index (χ1n) is 9.53. The van der Waals surface area contributed by atoms with E-state index in [0.717, 1.165) is 30.7 Å². The number of nitrogens with zero attached hydrogens (tertiary/aromatic N) is 1. The van der Waals surface area contributed by atoms with Crippen LogP contribution in [0.3, 0.4) is 0 Å². The van der Waals surface area contributed by atoms with Crippen molar-refractivity contribution in [3.8, 4) is 11.5 Å². The monoisotopic (exact) mass is 402 g/mol. The van der Waals surface area contributed by atoms with E-state index in [2.05, 4.69) is 10.3 Å². The number of esters is 1. The number of benzene rings is 1. The van der Waals surface area contributed by atoms with Gasteiger partial charge in [-0.15, -0.1) is 11.3 Å². The summed E-state index contributed by atoms with van der Waals surface area (Å²) in [6, 6.07) is 7.21. The molecule has 7 nitrogen and oxygen atoms in total. The summed E-state index contributed by atoms with van der Waals surface area (Å²) in [5, 5.41) is 4.09. The van der Waals surface area contributed by atoms with Crippen molar-refractivity contribution in [3.63, 3.8) is 0 Å². The van der Waals surface area contributed by atoms with Crippen molar-refractivity contribution in [2.24, 2.45) is 0 Å². The molecule has 2 aliphatic rings. The highest BCUT2D eigenvalue weighted by atomic mass is 32.1. The first-order chi connectivity index (χ1) is 13.7. The number of fused-ring (bicyclic) bond motifs is 1. The number of aromatic nitrogens is 1. The van der Waals surface area contributed by atoms with Crippen LogP contribution in [-0.2, 0) is 9.53 Å². The van der Waals surface area contributed by atoms with Crippen LogP contribution in [0.4, 0.5) is 5.00 Å². The van der Waals surface area contributed by atoms with Gasteiger partial charge in [0, 0.05) is 5.92 Å². The first-order valence-corrected chi connectivity index (χ1v) is 10.3. The molecule has 1 N–H and O–H groups in total. The summed E-state index contributed by atoms with van der Waals surface area (Å²) < 4.78 is 16.5. The third-order valence-corrected chi connectivity index (χ3v) is 5.99. The SMILES string of the molecule is CCOC(=O)c1nc(C2CCCC2)sc1NC(=O)C1COc2ccccc2O1. The zero-order valence-electron chi connectivity index (χ0n) is 15.6. The van der Waals surface area contributed by atoms with Crippen LogP contribution >= 0.6 is 11.3 Å². The fourth-order valence-electron chi connectivity index (χ4n) is 3.45. The summed E-state index contributed by atoms with van der Waals surface area (Å²) >= 11 is 1.35. The van der Waals surface area contributed by atoms with Crippen LogP contribution in [0.2, 0.25) is 0 Å². The summed E-state index contributed by atoms with van der Waals surface area (Å²) in [6.07, 6.45) is 3.63. The van der Waals surface area contributed by atoms with Crippen molar-refractivity contribution in [3.05, 3.63) is 35.0 Å². The first kappa shape index (κ1) is 18.7. The van der Waals surface area contributed by atoms with E-state index in [4.69, 9.17) is 14.2 Å². The normalized spacial score (nSPS) is 18.7. The highest BCUT2D eigenvalue weighted by Gasteiger charge is 2.31. The van der Waals surface area contributed by atoms with Crippen molar-refractivity contribution in [2.75, 3.05) is 18.5 Å². The van der Waals surface area contributed by atoms with E-state index in [1.807, 2.05) is 12.1 Å². The molecule has 4 rings (SSSR count). The van der Waals surface area contributed by atoms with Crippen molar-refractivity contribution < 1.29 is 23.8 Å². The molecule has 8 heteroatoms. The molecule has 0 saturated heterocycles. The number of para-hydroxylation sites is 2. The van der Waals surface area contributed by atoms with Crippen molar-refractivity contribution in [1.82, 2.24) is 4.98 Å². The average molecular weight is 402 g/mol. The van der Waals surface area contributed by atoms with Gasteiger partial charge >= 0.3 is 5.97 Å². The van der Waals surface area contributed by atoms with Gasteiger partial charge in [-0.3, -0.25) is 4.79 Å². The fraction of sp³-hybridized carbons (Fsp3) is 0.450. The third-order valence-electron chi connectivity index (χ3n) is 4.85. The Morgan fingerprint density at radius 3 is 2.75 bits per heavy atom. The lowest BCUT2D eigenvalue weighted by atomic mass is 10.1. The van der Waals surface area contributed by atoms with Crippen molar-refractivity contribution in [1.29, 1.82) is 0 Å². The number of thiazole rings is 1. The molecule has 0 bridgehead atoms. The Labute approximate surface area is 167 Å². The highest BCUT2D eigenvalue weighted by molar-refractivity contribution is 7.16. The molecule has 2 aromatic rings. The summed E-state index contributed by atoms with van der Waals surface area (Å²) in [5.41, 5.74) is 0.166. The Morgan fingerprint density at radius 1 is 1.25 bits per heavy atom. The van der Waals surface area contributed by atoms with Gasteiger partial charge in [0.25, 0.3) is 5.91 Å². The van der Waals surface area contributed by atoms with Crippen LogP contribution in [0.15, 0.2) is 24.3 Å². The van der Waals surface area contributed by atoms with Gasteiger partial charge < -0.3 is 19.5 Å². The molecule has 1 aromatic carbocycles. The van der Waals surface area contributed by atoms with Crippen molar-refractivity contribution >= 4 is 28.2 Å². The predicted molar refractivity (Wildman–Crippen MR) is 104 cm³/mol. The van der Waals surface area contributed by atoms with Crippen LogP contribution in [-0.4, -0.2) is 36.2 Å². The largest absolute Gasteiger partial charge is 0.485 e. The molecular weight excluding hydrogens is 380 g/mol. The molecule has 1 aromatic heterocycles. The molecule has 1 aliphatic carbocycles. The average Bonchev–Trinajstić information content (AvgIpc) is 3.37. The minimum Gasteiger partial charge on any atom is -0.485 e. The van der Waals surface area contributed by atoms with Crippen LogP contribution in [0.25, 0.3) is 0 Å². The Bertz CT molecular complexity index is 875. The molecule has 1 unspecified atom stereocenters. The number of hydrogen-bond acceptors (Lipinski definition) is 7. The second kappa shape index (κ2) is 8.18. The molecule has 0 spiro atoms. The van der Waals surface area contributed by atoms with Gasteiger partial charge in [-0.25, -0.2) is 9.78 Å². The van der Waals surface area contributed by atoms with Crippen LogP contribution < -0.4 is 14.8 Å². The second-order valence-electron chi connectivity index (χ2n) is 6.79. The number of amides is 1. The minimum absolute atomic E-state index is 0.103. The van der Waals surface area contributed by atoms with Gasteiger partial charge in [0.2, 0.25) is 6.10 Å². The number of carbonyl (C=O) groups excluding carboxylic acids is 2. The smallest absolute Gasteiger partial charge is 0.360 e. The lowest BCUT2D eigenvalue weighted by Crippen LogP contribution is -2.40. The molecule has 1 aliphatic heterocycles. The Kier molecular flexibility index (Phi) is 5.47. The van der Waals surface area contributed by atoms with E-state index in [9.17, 15) is 9.59 Å². The van der Waals surface area contributed by atoms with Crippen LogP contribution in [0, 0.1) is 0 Å². The molecule has 0 radical (unpaired) electrons. The number of hydrogen-bond donors (Lipinski definition) is 1. The van der Waals surface area contributed by atoms with Crippen LogP contribution in [0.1, 0.15) is 54.0 Å². The molecule has 28 heavy (non-hydrogen) atoms. The molecule has 148 valence electrons. The Hall–Kier alpha value is -2.61. The quantitative estimate of drug-likeness (QED) is 0.767. The van der Waals surface area contributed by atoms with E-state index in [1.165, 1.54) is 11.3 Å². The highest BCUT2D eigenvalue weighted by Crippen LogP contribution is 2.39. The standard InChI is InChI=1S/C20H22N2O5S/c1-2-25-20(24)16-19(28-18(21-16)12-7-3-4-8-12)22-17(23)15-11-26-13-9-5-6-10-14(13)27-15/h5-6,9-10,12,15H,2-4,7-8,11H2,1H3,(H,22,23). The lowest BCUT2D eigenvalue weighted by Gasteiger charge is -2.25. The Balaban J connectivity index is 1.53. The van der Waals surface area contributed by atoms with Gasteiger partial charge in [-0.1, -0.05) is 25.0 Å². The van der Waals surface area contributed by atoms with Gasteiger partial charge in [0.15, 0.2) is 17.2 Å². The van der Waals surface area contributed by atoms with E-state index < -0.39 is 12.1 Å². The number of ether oxygens (including phenoxy) is 3. The third kappa shape index (κ3) is 3.82. The summed E-state index contributed by atoms with van der Waals surface area (Å²) in [4.78, 5) is 29.6. The predicted octanol–water partition coefficient (Wildman–Crippen LogP) is 3.76. The number of anilines is 1. The van der Waals surface area contributed by atoms with Crippen molar-refractivity contribution in [2.45, 2.75) is 44.6 Å². The molecule has 1 fully saturated rings. The summed E-state index contributed by atoms with van der Waals surface area (Å²) in [7, 11) is 0. The molecular formula is C20H22N2O5S. The zero-order valence-corrected chi connectivity index (χ0v) is 16.4. The van der Waals surface area contributed by atoms with Gasteiger partial charge in [0.05, 0.1) is 11.6 Å².